The Labute approximate surface area is 86.5 Å². The minimum Gasteiger partial charge on any atom is -0.481 e. The van der Waals surface area contributed by atoms with Crippen molar-refractivity contribution < 1.29 is 14.8 Å². The summed E-state index contributed by atoms with van der Waals surface area (Å²) in [6, 6.07) is 7.79. The van der Waals surface area contributed by atoms with Gasteiger partial charge in [-0.1, -0.05) is 30.3 Å². The molecule has 0 saturated heterocycles. The van der Waals surface area contributed by atoms with E-state index in [0.29, 0.717) is 0 Å². The molecule has 0 fully saturated rings. The first-order valence-electron chi connectivity index (χ1n) is 4.49. The minimum absolute atomic E-state index is 0.153. The predicted octanol–water partition coefficient (Wildman–Crippen LogP) is 1.35. The van der Waals surface area contributed by atoms with E-state index in [1.165, 1.54) is 0 Å². The quantitative estimate of drug-likeness (QED) is 0.586. The third-order valence-corrected chi connectivity index (χ3v) is 2.02. The van der Waals surface area contributed by atoms with Crippen LogP contribution in [0.1, 0.15) is 12.0 Å². The van der Waals surface area contributed by atoms with Gasteiger partial charge in [0.1, 0.15) is 6.42 Å². The van der Waals surface area contributed by atoms with E-state index in [4.69, 9.17) is 5.11 Å². The van der Waals surface area contributed by atoms with Gasteiger partial charge in [0.05, 0.1) is 0 Å². The van der Waals surface area contributed by atoms with Crippen LogP contribution < -0.4 is 0 Å². The Morgan fingerprint density at radius 2 is 2.00 bits per heavy atom. The van der Waals surface area contributed by atoms with Crippen LogP contribution in [0.2, 0.25) is 0 Å². The molecule has 1 rings (SSSR count). The van der Waals surface area contributed by atoms with Crippen LogP contribution in [-0.4, -0.2) is 22.0 Å². The Bertz CT molecular complexity index is 350. The van der Waals surface area contributed by atoms with Crippen molar-refractivity contribution in [3.63, 3.8) is 0 Å². The third-order valence-electron chi connectivity index (χ3n) is 2.02. The molecule has 5 heteroatoms. The number of nitro groups is 1. The number of carbonyl (C=O) groups is 1. The van der Waals surface area contributed by atoms with Gasteiger partial charge in [-0.05, 0) is 5.56 Å². The highest BCUT2D eigenvalue weighted by Crippen LogP contribution is 2.08. The van der Waals surface area contributed by atoms with Crippen LogP contribution in [0.25, 0.3) is 0 Å². The Balaban J connectivity index is 2.67. The molecular weight excluding hydrogens is 198 g/mol. The first kappa shape index (κ1) is 11.2. The smallest absolute Gasteiger partial charge is 0.310 e. The lowest BCUT2D eigenvalue weighted by Gasteiger charge is -2.06. The fourth-order valence-electron chi connectivity index (χ4n) is 1.31. The largest absolute Gasteiger partial charge is 0.481 e. The molecule has 0 spiro atoms. The lowest BCUT2D eigenvalue weighted by Crippen LogP contribution is -2.25. The van der Waals surface area contributed by atoms with Crippen LogP contribution in [0.5, 0.6) is 0 Å². The fraction of sp³-hybridized carbons (Fsp3) is 0.300. The second kappa shape index (κ2) is 5.09. The summed E-state index contributed by atoms with van der Waals surface area (Å²) < 4.78 is 0. The third kappa shape index (κ3) is 3.76. The van der Waals surface area contributed by atoms with Crippen molar-refractivity contribution in [2.75, 3.05) is 0 Å². The van der Waals surface area contributed by atoms with Crippen LogP contribution in [0.15, 0.2) is 30.3 Å². The van der Waals surface area contributed by atoms with Crippen LogP contribution in [-0.2, 0) is 11.2 Å². The monoisotopic (exact) mass is 209 g/mol. The highest BCUT2D eigenvalue weighted by atomic mass is 16.6. The standard InChI is InChI=1S/C10H11NO4/c12-10(13)7-9(11(14)15)6-8-4-2-1-3-5-8/h1-5,9H,6-7H2,(H,12,13). The maximum atomic E-state index is 10.6. The number of hydrogen-bond donors (Lipinski definition) is 1. The zero-order valence-electron chi connectivity index (χ0n) is 8.00. The number of benzene rings is 1. The molecule has 1 aromatic carbocycles. The van der Waals surface area contributed by atoms with Crippen molar-refractivity contribution in [1.29, 1.82) is 0 Å². The van der Waals surface area contributed by atoms with E-state index in [0.717, 1.165) is 5.56 Å². The van der Waals surface area contributed by atoms with Crippen molar-refractivity contribution in [3.8, 4) is 0 Å². The Hall–Kier alpha value is -1.91. The molecule has 1 aromatic rings. The summed E-state index contributed by atoms with van der Waals surface area (Å²) in [7, 11) is 0. The zero-order chi connectivity index (χ0) is 11.3. The van der Waals surface area contributed by atoms with Crippen LogP contribution in [0.3, 0.4) is 0 Å². The second-order valence-electron chi connectivity index (χ2n) is 3.23. The lowest BCUT2D eigenvalue weighted by molar-refractivity contribution is -0.521. The highest BCUT2D eigenvalue weighted by molar-refractivity contribution is 5.67. The molecule has 0 aliphatic rings. The summed E-state index contributed by atoms with van der Waals surface area (Å²) in [6.45, 7) is 0. The van der Waals surface area contributed by atoms with Gasteiger partial charge in [-0.3, -0.25) is 14.9 Å². The van der Waals surface area contributed by atoms with E-state index < -0.39 is 23.4 Å². The van der Waals surface area contributed by atoms with Gasteiger partial charge in [0.25, 0.3) is 0 Å². The Morgan fingerprint density at radius 3 is 2.47 bits per heavy atom. The predicted molar refractivity (Wildman–Crippen MR) is 53.2 cm³/mol. The molecule has 15 heavy (non-hydrogen) atoms. The lowest BCUT2D eigenvalue weighted by atomic mass is 10.0. The summed E-state index contributed by atoms with van der Waals surface area (Å²) in [5.74, 6) is -1.15. The molecule has 80 valence electrons. The molecular formula is C10H11NO4. The summed E-state index contributed by atoms with van der Waals surface area (Å²) >= 11 is 0. The number of hydrogen-bond acceptors (Lipinski definition) is 3. The number of nitrogens with zero attached hydrogens (tertiary/aromatic N) is 1. The van der Waals surface area contributed by atoms with E-state index >= 15 is 0 Å². The Kier molecular flexibility index (Phi) is 3.79. The van der Waals surface area contributed by atoms with Gasteiger partial charge in [0, 0.05) is 11.3 Å². The van der Waals surface area contributed by atoms with Crippen LogP contribution in [0.4, 0.5) is 0 Å². The first-order valence-corrected chi connectivity index (χ1v) is 4.49. The van der Waals surface area contributed by atoms with Crippen molar-refractivity contribution in [1.82, 2.24) is 0 Å². The fourth-order valence-corrected chi connectivity index (χ4v) is 1.31. The summed E-state index contributed by atoms with van der Waals surface area (Å²) in [4.78, 5) is 20.4. The number of rotatable bonds is 5. The van der Waals surface area contributed by atoms with Gasteiger partial charge >= 0.3 is 5.97 Å². The summed E-state index contributed by atoms with van der Waals surface area (Å²) in [5, 5.41) is 19.1. The van der Waals surface area contributed by atoms with E-state index in [1.54, 1.807) is 24.3 Å². The van der Waals surface area contributed by atoms with E-state index in [-0.39, 0.29) is 6.42 Å². The van der Waals surface area contributed by atoms with Crippen molar-refractivity contribution in [3.05, 3.63) is 46.0 Å². The zero-order valence-corrected chi connectivity index (χ0v) is 8.00. The summed E-state index contributed by atoms with van der Waals surface area (Å²) in [5.41, 5.74) is 0.778. The minimum atomic E-state index is -1.15. The molecule has 0 aromatic heterocycles. The molecule has 5 nitrogen and oxygen atoms in total. The number of carboxylic acid groups (broad SMARTS) is 1. The number of carboxylic acids is 1. The maximum absolute atomic E-state index is 10.6. The summed E-state index contributed by atoms with van der Waals surface area (Å²) in [6.07, 6.45) is -0.290. The first-order chi connectivity index (χ1) is 7.09. The molecule has 0 aliphatic carbocycles. The number of aliphatic carboxylic acids is 1. The molecule has 1 unspecified atom stereocenters. The molecule has 0 bridgehead atoms. The molecule has 1 N–H and O–H groups in total. The van der Waals surface area contributed by atoms with Crippen molar-refractivity contribution in [2.45, 2.75) is 18.9 Å². The van der Waals surface area contributed by atoms with Gasteiger partial charge in [-0.15, -0.1) is 0 Å². The van der Waals surface area contributed by atoms with Crippen molar-refractivity contribution >= 4 is 5.97 Å². The van der Waals surface area contributed by atoms with Gasteiger partial charge < -0.3 is 5.11 Å². The normalized spacial score (nSPS) is 12.0. The van der Waals surface area contributed by atoms with Gasteiger partial charge in [-0.25, -0.2) is 0 Å². The maximum Gasteiger partial charge on any atom is 0.310 e. The van der Waals surface area contributed by atoms with Crippen LogP contribution in [0, 0.1) is 10.1 Å². The average Bonchev–Trinajstić information content (AvgIpc) is 2.17. The molecule has 0 heterocycles. The molecule has 1 atom stereocenters. The van der Waals surface area contributed by atoms with Gasteiger partial charge in [0.2, 0.25) is 6.04 Å². The SMILES string of the molecule is O=C(O)CC(Cc1ccccc1)[N+](=O)[O-]. The highest BCUT2D eigenvalue weighted by Gasteiger charge is 2.23. The van der Waals surface area contributed by atoms with E-state index in [1.807, 2.05) is 6.07 Å². The topological polar surface area (TPSA) is 80.4 Å². The molecule has 0 radical (unpaired) electrons. The van der Waals surface area contributed by atoms with E-state index in [9.17, 15) is 14.9 Å². The van der Waals surface area contributed by atoms with Crippen LogP contribution >= 0.6 is 0 Å². The molecule has 0 saturated carbocycles. The van der Waals surface area contributed by atoms with E-state index in [2.05, 4.69) is 0 Å². The molecule has 0 aliphatic heterocycles. The van der Waals surface area contributed by atoms with Gasteiger partial charge in [-0.2, -0.15) is 0 Å². The van der Waals surface area contributed by atoms with Crippen molar-refractivity contribution in [2.24, 2.45) is 0 Å². The molecule has 0 amide bonds. The van der Waals surface area contributed by atoms with Gasteiger partial charge in [0.15, 0.2) is 0 Å². The second-order valence-corrected chi connectivity index (χ2v) is 3.23. The Morgan fingerprint density at radius 1 is 1.40 bits per heavy atom. The average molecular weight is 209 g/mol.